The van der Waals surface area contributed by atoms with Gasteiger partial charge in [-0.05, 0) is 45.1 Å². The monoisotopic (exact) mass is 231 g/mol. The summed E-state index contributed by atoms with van der Waals surface area (Å²) in [7, 11) is 0. The Morgan fingerprint density at radius 3 is 2.41 bits per heavy atom. The van der Waals surface area contributed by atoms with Gasteiger partial charge < -0.3 is 5.32 Å². The van der Waals surface area contributed by atoms with E-state index in [-0.39, 0.29) is 5.54 Å². The van der Waals surface area contributed by atoms with Gasteiger partial charge in [0.1, 0.15) is 0 Å². The second-order valence-corrected chi connectivity index (χ2v) is 5.60. The SMILES string of the molecule is C=CCCC(CNC(C)(C)C)c1ccccc1. The molecule has 0 saturated carbocycles. The predicted octanol–water partition coefficient (Wildman–Crippen LogP) is 4.12. The molecule has 0 fully saturated rings. The van der Waals surface area contributed by atoms with Gasteiger partial charge in [0.25, 0.3) is 0 Å². The van der Waals surface area contributed by atoms with E-state index in [4.69, 9.17) is 0 Å². The third-order valence-electron chi connectivity index (χ3n) is 2.87. The molecule has 1 atom stereocenters. The third kappa shape index (κ3) is 5.69. The first-order valence-corrected chi connectivity index (χ1v) is 6.44. The summed E-state index contributed by atoms with van der Waals surface area (Å²) in [5.74, 6) is 0.577. The number of nitrogens with one attached hydrogen (secondary N) is 1. The molecule has 94 valence electrons. The molecule has 0 bridgehead atoms. The van der Waals surface area contributed by atoms with Crippen LogP contribution in [0, 0.1) is 0 Å². The average Bonchev–Trinajstić information content (AvgIpc) is 2.29. The largest absolute Gasteiger partial charge is 0.311 e. The van der Waals surface area contributed by atoms with Crippen LogP contribution in [0.2, 0.25) is 0 Å². The fourth-order valence-corrected chi connectivity index (χ4v) is 1.86. The van der Waals surface area contributed by atoms with E-state index < -0.39 is 0 Å². The highest BCUT2D eigenvalue weighted by atomic mass is 14.9. The van der Waals surface area contributed by atoms with Crippen molar-refractivity contribution >= 4 is 0 Å². The lowest BCUT2D eigenvalue weighted by molar-refractivity contribution is 0.400. The Balaban J connectivity index is 2.64. The van der Waals surface area contributed by atoms with Crippen LogP contribution < -0.4 is 5.32 Å². The van der Waals surface area contributed by atoms with Crippen molar-refractivity contribution in [3.05, 3.63) is 48.6 Å². The Labute approximate surface area is 106 Å². The van der Waals surface area contributed by atoms with Crippen molar-refractivity contribution in [1.82, 2.24) is 5.32 Å². The van der Waals surface area contributed by atoms with Gasteiger partial charge in [0.2, 0.25) is 0 Å². The Bertz CT molecular complexity index is 321. The van der Waals surface area contributed by atoms with Crippen LogP contribution in [0.4, 0.5) is 0 Å². The van der Waals surface area contributed by atoms with Crippen molar-refractivity contribution in [2.45, 2.75) is 45.1 Å². The number of allylic oxidation sites excluding steroid dienone is 1. The quantitative estimate of drug-likeness (QED) is 0.726. The van der Waals surface area contributed by atoms with Gasteiger partial charge in [0.15, 0.2) is 0 Å². The zero-order valence-corrected chi connectivity index (χ0v) is 11.4. The van der Waals surface area contributed by atoms with Gasteiger partial charge in [-0.2, -0.15) is 0 Å². The fourth-order valence-electron chi connectivity index (χ4n) is 1.86. The maximum atomic E-state index is 3.81. The second-order valence-electron chi connectivity index (χ2n) is 5.60. The molecule has 1 unspecified atom stereocenters. The van der Waals surface area contributed by atoms with Crippen molar-refractivity contribution in [2.24, 2.45) is 0 Å². The van der Waals surface area contributed by atoms with Crippen LogP contribution in [-0.2, 0) is 0 Å². The summed E-state index contributed by atoms with van der Waals surface area (Å²) in [6.45, 7) is 11.5. The molecule has 0 aliphatic rings. The molecule has 0 aliphatic heterocycles. The van der Waals surface area contributed by atoms with Gasteiger partial charge in [-0.15, -0.1) is 6.58 Å². The zero-order valence-electron chi connectivity index (χ0n) is 11.4. The minimum atomic E-state index is 0.182. The first-order chi connectivity index (χ1) is 8.03. The minimum Gasteiger partial charge on any atom is -0.311 e. The Morgan fingerprint density at radius 2 is 1.88 bits per heavy atom. The summed E-state index contributed by atoms with van der Waals surface area (Å²) in [4.78, 5) is 0. The molecule has 0 saturated heterocycles. The first kappa shape index (κ1) is 14.0. The molecule has 1 rings (SSSR count). The lowest BCUT2D eigenvalue weighted by Crippen LogP contribution is -2.38. The topological polar surface area (TPSA) is 12.0 Å². The van der Waals surface area contributed by atoms with Crippen LogP contribution in [0.15, 0.2) is 43.0 Å². The highest BCUT2D eigenvalue weighted by molar-refractivity contribution is 5.20. The smallest absolute Gasteiger partial charge is 0.00967 e. The van der Waals surface area contributed by atoms with Crippen molar-refractivity contribution in [2.75, 3.05) is 6.54 Å². The van der Waals surface area contributed by atoms with Gasteiger partial charge in [-0.25, -0.2) is 0 Å². The standard InChI is InChI=1S/C16H25N/c1-5-6-10-15(13-17-16(2,3)4)14-11-8-7-9-12-14/h5,7-9,11-12,15,17H,1,6,10,13H2,2-4H3. The van der Waals surface area contributed by atoms with E-state index in [0.717, 1.165) is 19.4 Å². The minimum absolute atomic E-state index is 0.182. The average molecular weight is 231 g/mol. The van der Waals surface area contributed by atoms with Gasteiger partial charge in [-0.1, -0.05) is 36.4 Å². The first-order valence-electron chi connectivity index (χ1n) is 6.44. The molecule has 0 radical (unpaired) electrons. The molecule has 0 heterocycles. The van der Waals surface area contributed by atoms with Crippen LogP contribution in [0.1, 0.15) is 45.1 Å². The molecule has 1 heteroatoms. The van der Waals surface area contributed by atoms with Crippen LogP contribution in [-0.4, -0.2) is 12.1 Å². The Morgan fingerprint density at radius 1 is 1.24 bits per heavy atom. The van der Waals surface area contributed by atoms with E-state index in [1.165, 1.54) is 5.56 Å². The van der Waals surface area contributed by atoms with Crippen LogP contribution in [0.3, 0.4) is 0 Å². The van der Waals surface area contributed by atoms with E-state index in [2.05, 4.69) is 63.0 Å². The molecule has 0 aliphatic carbocycles. The normalized spacial score (nSPS) is 13.4. The zero-order chi connectivity index (χ0) is 12.7. The second kappa shape index (κ2) is 6.61. The van der Waals surface area contributed by atoms with Gasteiger partial charge in [0.05, 0.1) is 0 Å². The number of rotatable bonds is 6. The number of hydrogen-bond acceptors (Lipinski definition) is 1. The lowest BCUT2D eigenvalue weighted by atomic mass is 9.93. The van der Waals surface area contributed by atoms with Crippen LogP contribution in [0.25, 0.3) is 0 Å². The maximum absolute atomic E-state index is 3.81. The van der Waals surface area contributed by atoms with Crippen molar-refractivity contribution < 1.29 is 0 Å². The summed E-state index contributed by atoms with van der Waals surface area (Å²) in [6, 6.07) is 10.8. The number of hydrogen-bond donors (Lipinski definition) is 1. The third-order valence-corrected chi connectivity index (χ3v) is 2.87. The van der Waals surface area contributed by atoms with Crippen molar-refractivity contribution in [3.63, 3.8) is 0 Å². The van der Waals surface area contributed by atoms with Gasteiger partial charge in [-0.3, -0.25) is 0 Å². The van der Waals surface area contributed by atoms with Crippen LogP contribution >= 0.6 is 0 Å². The number of benzene rings is 1. The van der Waals surface area contributed by atoms with E-state index in [9.17, 15) is 0 Å². The molecule has 1 N–H and O–H groups in total. The van der Waals surface area contributed by atoms with Gasteiger partial charge >= 0.3 is 0 Å². The van der Waals surface area contributed by atoms with E-state index >= 15 is 0 Å². The predicted molar refractivity (Wildman–Crippen MR) is 76.4 cm³/mol. The molecule has 17 heavy (non-hydrogen) atoms. The van der Waals surface area contributed by atoms with Gasteiger partial charge in [0, 0.05) is 12.1 Å². The van der Waals surface area contributed by atoms with E-state index in [1.807, 2.05) is 6.08 Å². The fraction of sp³-hybridized carbons (Fsp3) is 0.500. The molecule has 0 amide bonds. The summed E-state index contributed by atoms with van der Waals surface area (Å²) in [6.07, 6.45) is 4.25. The molecular weight excluding hydrogens is 206 g/mol. The highest BCUT2D eigenvalue weighted by Gasteiger charge is 2.15. The summed E-state index contributed by atoms with van der Waals surface area (Å²) in [5.41, 5.74) is 1.60. The van der Waals surface area contributed by atoms with Crippen LogP contribution in [0.5, 0.6) is 0 Å². The summed E-state index contributed by atoms with van der Waals surface area (Å²) < 4.78 is 0. The Kier molecular flexibility index (Phi) is 5.43. The molecule has 1 aromatic carbocycles. The van der Waals surface area contributed by atoms with E-state index in [0.29, 0.717) is 5.92 Å². The lowest BCUT2D eigenvalue weighted by Gasteiger charge is -2.25. The summed E-state index contributed by atoms with van der Waals surface area (Å²) >= 11 is 0. The molecule has 1 nitrogen and oxygen atoms in total. The maximum Gasteiger partial charge on any atom is 0.00967 e. The highest BCUT2D eigenvalue weighted by Crippen LogP contribution is 2.21. The summed E-state index contributed by atoms with van der Waals surface area (Å²) in [5, 5.41) is 3.60. The molecule has 0 aromatic heterocycles. The Hall–Kier alpha value is -1.08. The van der Waals surface area contributed by atoms with Crippen molar-refractivity contribution in [3.8, 4) is 0 Å². The molecule has 0 spiro atoms. The molecular formula is C16H25N. The van der Waals surface area contributed by atoms with E-state index in [1.54, 1.807) is 0 Å². The molecule has 1 aromatic rings. The van der Waals surface area contributed by atoms with Crippen molar-refractivity contribution in [1.29, 1.82) is 0 Å².